The standard InChI is InChI=1S/C19H22N2/c1-2-16-13-21(10-9-20-16)17-7-8-19-15(12-17)11-14-5-3-4-6-18(14)19/h3-8,12,16,20H,2,9-11,13H2,1H3. The molecular formula is C19H22N2. The quantitative estimate of drug-likeness (QED) is 0.772. The summed E-state index contributed by atoms with van der Waals surface area (Å²) in [6, 6.07) is 16.5. The highest BCUT2D eigenvalue weighted by molar-refractivity contribution is 5.78. The van der Waals surface area contributed by atoms with E-state index in [2.05, 4.69) is 59.6 Å². The fourth-order valence-electron chi connectivity index (χ4n) is 3.66. The van der Waals surface area contributed by atoms with Crippen molar-refractivity contribution in [2.45, 2.75) is 25.8 Å². The number of nitrogens with one attached hydrogen (secondary N) is 1. The van der Waals surface area contributed by atoms with Gasteiger partial charge >= 0.3 is 0 Å². The maximum Gasteiger partial charge on any atom is 0.0370 e. The number of nitrogens with zero attached hydrogens (tertiary/aromatic N) is 1. The van der Waals surface area contributed by atoms with Crippen LogP contribution in [-0.2, 0) is 6.42 Å². The third-order valence-electron chi connectivity index (χ3n) is 4.89. The molecular weight excluding hydrogens is 256 g/mol. The zero-order valence-electron chi connectivity index (χ0n) is 12.6. The number of hydrogen-bond acceptors (Lipinski definition) is 2. The molecule has 0 saturated carbocycles. The Kier molecular flexibility index (Phi) is 3.19. The molecule has 1 fully saturated rings. The third kappa shape index (κ3) is 2.24. The molecule has 0 radical (unpaired) electrons. The molecule has 21 heavy (non-hydrogen) atoms. The van der Waals surface area contributed by atoms with Crippen molar-refractivity contribution in [1.29, 1.82) is 0 Å². The lowest BCUT2D eigenvalue weighted by Crippen LogP contribution is -2.50. The van der Waals surface area contributed by atoms with Crippen molar-refractivity contribution >= 4 is 5.69 Å². The van der Waals surface area contributed by atoms with Gasteiger partial charge in [0.05, 0.1) is 0 Å². The first kappa shape index (κ1) is 12.9. The van der Waals surface area contributed by atoms with E-state index in [1.807, 2.05) is 0 Å². The maximum absolute atomic E-state index is 3.59. The Morgan fingerprint density at radius 2 is 1.95 bits per heavy atom. The van der Waals surface area contributed by atoms with Gasteiger partial charge in [-0.15, -0.1) is 0 Å². The molecule has 0 aromatic heterocycles. The lowest BCUT2D eigenvalue weighted by molar-refractivity contribution is 0.447. The summed E-state index contributed by atoms with van der Waals surface area (Å²) in [7, 11) is 0. The van der Waals surface area contributed by atoms with Crippen LogP contribution in [0.15, 0.2) is 42.5 Å². The minimum absolute atomic E-state index is 0.629. The molecule has 108 valence electrons. The molecule has 2 aromatic rings. The molecule has 0 amide bonds. The van der Waals surface area contributed by atoms with Crippen LogP contribution in [-0.4, -0.2) is 25.7 Å². The average Bonchev–Trinajstić information content (AvgIpc) is 2.92. The summed E-state index contributed by atoms with van der Waals surface area (Å²) in [6.45, 7) is 5.60. The Labute approximate surface area is 126 Å². The van der Waals surface area contributed by atoms with Crippen molar-refractivity contribution in [3.63, 3.8) is 0 Å². The molecule has 0 spiro atoms. The van der Waals surface area contributed by atoms with E-state index in [-0.39, 0.29) is 0 Å². The van der Waals surface area contributed by atoms with E-state index in [9.17, 15) is 0 Å². The number of benzene rings is 2. The zero-order chi connectivity index (χ0) is 14.2. The largest absolute Gasteiger partial charge is 0.369 e. The molecule has 2 heteroatoms. The first-order valence-electron chi connectivity index (χ1n) is 8.04. The Balaban J connectivity index is 1.64. The molecule has 4 rings (SSSR count). The summed E-state index contributed by atoms with van der Waals surface area (Å²) in [5.74, 6) is 0. The van der Waals surface area contributed by atoms with Crippen molar-refractivity contribution in [3.8, 4) is 11.1 Å². The SMILES string of the molecule is CCC1CN(c2ccc3c(c2)Cc2ccccc2-3)CCN1. The summed E-state index contributed by atoms with van der Waals surface area (Å²) < 4.78 is 0. The van der Waals surface area contributed by atoms with Gasteiger partial charge in [-0.05, 0) is 47.2 Å². The zero-order valence-corrected chi connectivity index (χ0v) is 12.6. The molecule has 1 aliphatic carbocycles. The molecule has 2 aromatic carbocycles. The van der Waals surface area contributed by atoms with Crippen LogP contribution < -0.4 is 10.2 Å². The molecule has 2 nitrogen and oxygen atoms in total. The lowest BCUT2D eigenvalue weighted by Gasteiger charge is -2.35. The molecule has 1 atom stereocenters. The predicted octanol–water partition coefficient (Wildman–Crippen LogP) is 3.45. The van der Waals surface area contributed by atoms with E-state index in [0.29, 0.717) is 6.04 Å². The number of fused-ring (bicyclic) bond motifs is 3. The van der Waals surface area contributed by atoms with Crippen molar-refractivity contribution in [2.75, 3.05) is 24.5 Å². The lowest BCUT2D eigenvalue weighted by atomic mass is 10.0. The van der Waals surface area contributed by atoms with E-state index < -0.39 is 0 Å². The minimum atomic E-state index is 0.629. The second kappa shape index (κ2) is 5.19. The Hall–Kier alpha value is -1.80. The van der Waals surface area contributed by atoms with Crippen LogP contribution in [0.3, 0.4) is 0 Å². The van der Waals surface area contributed by atoms with E-state index >= 15 is 0 Å². The molecule has 1 heterocycles. The number of piperazine rings is 1. The molecule has 2 aliphatic rings. The Bertz CT molecular complexity index is 662. The first-order valence-corrected chi connectivity index (χ1v) is 8.04. The molecule has 1 unspecified atom stereocenters. The highest BCUT2D eigenvalue weighted by atomic mass is 15.2. The fourth-order valence-corrected chi connectivity index (χ4v) is 3.66. The maximum atomic E-state index is 3.59. The summed E-state index contributed by atoms with van der Waals surface area (Å²) in [5.41, 5.74) is 7.19. The van der Waals surface area contributed by atoms with Crippen LogP contribution in [0.2, 0.25) is 0 Å². The van der Waals surface area contributed by atoms with Gasteiger partial charge in [0.25, 0.3) is 0 Å². The smallest absolute Gasteiger partial charge is 0.0370 e. The monoisotopic (exact) mass is 278 g/mol. The summed E-state index contributed by atoms with van der Waals surface area (Å²) in [4.78, 5) is 2.54. The van der Waals surface area contributed by atoms with Gasteiger partial charge in [-0.2, -0.15) is 0 Å². The Morgan fingerprint density at radius 3 is 2.86 bits per heavy atom. The van der Waals surface area contributed by atoms with Crippen LogP contribution in [0, 0.1) is 0 Å². The summed E-state index contributed by atoms with van der Waals surface area (Å²) in [6.07, 6.45) is 2.29. The minimum Gasteiger partial charge on any atom is -0.369 e. The van der Waals surface area contributed by atoms with Crippen molar-refractivity contribution in [2.24, 2.45) is 0 Å². The predicted molar refractivity (Wildman–Crippen MR) is 89.0 cm³/mol. The van der Waals surface area contributed by atoms with Gasteiger partial charge in [0.1, 0.15) is 0 Å². The van der Waals surface area contributed by atoms with E-state index in [1.54, 1.807) is 0 Å². The third-order valence-corrected chi connectivity index (χ3v) is 4.89. The Morgan fingerprint density at radius 1 is 1.10 bits per heavy atom. The second-order valence-corrected chi connectivity index (χ2v) is 6.18. The number of rotatable bonds is 2. The molecule has 1 saturated heterocycles. The molecule has 0 bridgehead atoms. The van der Waals surface area contributed by atoms with Gasteiger partial charge in [-0.1, -0.05) is 37.3 Å². The van der Waals surface area contributed by atoms with Gasteiger partial charge in [-0.25, -0.2) is 0 Å². The second-order valence-electron chi connectivity index (χ2n) is 6.18. The van der Waals surface area contributed by atoms with Gasteiger partial charge in [0.15, 0.2) is 0 Å². The summed E-state index contributed by atoms with van der Waals surface area (Å²) >= 11 is 0. The average molecular weight is 278 g/mol. The van der Waals surface area contributed by atoms with Gasteiger partial charge in [0.2, 0.25) is 0 Å². The van der Waals surface area contributed by atoms with Crippen molar-refractivity contribution in [3.05, 3.63) is 53.6 Å². The summed E-state index contributed by atoms with van der Waals surface area (Å²) in [5, 5.41) is 3.59. The topological polar surface area (TPSA) is 15.3 Å². The first-order chi connectivity index (χ1) is 10.3. The van der Waals surface area contributed by atoms with Gasteiger partial charge in [-0.3, -0.25) is 0 Å². The fraction of sp³-hybridized carbons (Fsp3) is 0.368. The van der Waals surface area contributed by atoms with Gasteiger partial charge in [0, 0.05) is 31.4 Å². The van der Waals surface area contributed by atoms with Gasteiger partial charge < -0.3 is 10.2 Å². The van der Waals surface area contributed by atoms with E-state index in [0.717, 1.165) is 26.1 Å². The number of anilines is 1. The van der Waals surface area contributed by atoms with Crippen molar-refractivity contribution < 1.29 is 0 Å². The van der Waals surface area contributed by atoms with E-state index in [1.165, 1.54) is 34.4 Å². The molecule has 1 N–H and O–H groups in total. The highest BCUT2D eigenvalue weighted by Gasteiger charge is 2.21. The normalized spacial score (nSPS) is 20.2. The van der Waals surface area contributed by atoms with Crippen LogP contribution in [0.5, 0.6) is 0 Å². The highest BCUT2D eigenvalue weighted by Crippen LogP contribution is 2.38. The van der Waals surface area contributed by atoms with Crippen LogP contribution in [0.25, 0.3) is 11.1 Å². The number of hydrogen-bond donors (Lipinski definition) is 1. The van der Waals surface area contributed by atoms with Crippen molar-refractivity contribution in [1.82, 2.24) is 5.32 Å². The van der Waals surface area contributed by atoms with Crippen LogP contribution >= 0.6 is 0 Å². The van der Waals surface area contributed by atoms with Crippen LogP contribution in [0.1, 0.15) is 24.5 Å². The molecule has 1 aliphatic heterocycles. The van der Waals surface area contributed by atoms with E-state index in [4.69, 9.17) is 0 Å². The van der Waals surface area contributed by atoms with Crippen LogP contribution in [0.4, 0.5) is 5.69 Å².